The zero-order chi connectivity index (χ0) is 14.0. The van der Waals surface area contributed by atoms with Gasteiger partial charge in [0.05, 0.1) is 11.1 Å². The third-order valence-corrected chi connectivity index (χ3v) is 4.70. The highest BCUT2D eigenvalue weighted by molar-refractivity contribution is 6.30. The van der Waals surface area contributed by atoms with Crippen molar-refractivity contribution in [1.29, 1.82) is 0 Å². The van der Waals surface area contributed by atoms with E-state index in [0.717, 1.165) is 31.2 Å². The highest BCUT2D eigenvalue weighted by Gasteiger charge is 2.30. The van der Waals surface area contributed by atoms with E-state index >= 15 is 0 Å². The summed E-state index contributed by atoms with van der Waals surface area (Å²) in [6.45, 7) is 4.49. The van der Waals surface area contributed by atoms with E-state index in [9.17, 15) is 9.50 Å². The molecule has 0 amide bonds. The van der Waals surface area contributed by atoms with Crippen molar-refractivity contribution in [3.05, 3.63) is 34.6 Å². The average Bonchev–Trinajstić information content (AvgIpc) is 2.36. The molecule has 1 aromatic rings. The molecule has 1 saturated carbocycles. The minimum absolute atomic E-state index is 0.170. The summed E-state index contributed by atoms with van der Waals surface area (Å²) in [6.07, 6.45) is 3.58. The summed E-state index contributed by atoms with van der Waals surface area (Å²) in [7, 11) is 0. The van der Waals surface area contributed by atoms with E-state index < -0.39 is 0 Å². The van der Waals surface area contributed by atoms with Crippen molar-refractivity contribution >= 4 is 11.6 Å². The van der Waals surface area contributed by atoms with Gasteiger partial charge in [0.15, 0.2) is 0 Å². The van der Waals surface area contributed by atoms with Gasteiger partial charge in [0, 0.05) is 0 Å². The second-order valence-electron chi connectivity index (χ2n) is 6.10. The van der Waals surface area contributed by atoms with Gasteiger partial charge >= 0.3 is 0 Å². The Hall–Kier alpha value is -0.600. The summed E-state index contributed by atoms with van der Waals surface area (Å²) >= 11 is 5.81. The number of halogens is 2. The van der Waals surface area contributed by atoms with Gasteiger partial charge in [0.1, 0.15) is 5.82 Å². The van der Waals surface area contributed by atoms with Crippen molar-refractivity contribution in [2.75, 3.05) is 0 Å². The molecule has 1 N–H and O–H groups in total. The van der Waals surface area contributed by atoms with Gasteiger partial charge in [-0.1, -0.05) is 31.5 Å². The maximum atomic E-state index is 13.1. The lowest BCUT2D eigenvalue weighted by Gasteiger charge is -2.35. The minimum Gasteiger partial charge on any atom is -0.393 e. The van der Waals surface area contributed by atoms with Crippen LogP contribution >= 0.6 is 11.6 Å². The van der Waals surface area contributed by atoms with Crippen LogP contribution in [0.1, 0.15) is 38.7 Å². The molecule has 0 heterocycles. The lowest BCUT2D eigenvalue weighted by Crippen LogP contribution is -2.32. The van der Waals surface area contributed by atoms with Crippen LogP contribution in [-0.4, -0.2) is 11.2 Å². The Morgan fingerprint density at radius 1 is 1.37 bits per heavy atom. The van der Waals surface area contributed by atoms with Crippen molar-refractivity contribution in [2.24, 2.45) is 17.8 Å². The Kier molecular flexibility index (Phi) is 4.86. The highest BCUT2D eigenvalue weighted by atomic mass is 35.5. The SMILES string of the molecule is CC(C)C1CCC(O)C(Cc2ccc(F)c(Cl)c2)C1. The molecule has 3 atom stereocenters. The van der Waals surface area contributed by atoms with Gasteiger partial charge < -0.3 is 5.11 Å². The first-order valence-corrected chi connectivity index (χ1v) is 7.47. The molecule has 0 bridgehead atoms. The molecule has 106 valence electrons. The molecule has 0 spiro atoms. The molecule has 1 aromatic carbocycles. The van der Waals surface area contributed by atoms with E-state index in [1.165, 1.54) is 6.07 Å². The van der Waals surface area contributed by atoms with Gasteiger partial charge in [-0.25, -0.2) is 4.39 Å². The lowest BCUT2D eigenvalue weighted by molar-refractivity contribution is 0.0378. The Bertz CT molecular complexity index is 433. The van der Waals surface area contributed by atoms with E-state index in [0.29, 0.717) is 11.8 Å². The number of benzene rings is 1. The van der Waals surface area contributed by atoms with Crippen LogP contribution in [0.2, 0.25) is 5.02 Å². The fourth-order valence-corrected chi connectivity index (χ4v) is 3.28. The molecule has 2 rings (SSSR count). The van der Waals surface area contributed by atoms with Crippen molar-refractivity contribution in [3.8, 4) is 0 Å². The van der Waals surface area contributed by atoms with Crippen LogP contribution in [0.15, 0.2) is 18.2 Å². The average molecular weight is 285 g/mol. The molecule has 0 aromatic heterocycles. The fraction of sp³-hybridized carbons (Fsp3) is 0.625. The van der Waals surface area contributed by atoms with Crippen LogP contribution in [-0.2, 0) is 6.42 Å². The number of hydrogen-bond donors (Lipinski definition) is 1. The van der Waals surface area contributed by atoms with Crippen LogP contribution in [0, 0.1) is 23.6 Å². The summed E-state index contributed by atoms with van der Waals surface area (Å²) in [4.78, 5) is 0. The van der Waals surface area contributed by atoms with Gasteiger partial charge in [-0.2, -0.15) is 0 Å². The molecule has 3 heteroatoms. The summed E-state index contributed by atoms with van der Waals surface area (Å²) in [6, 6.07) is 4.86. The lowest BCUT2D eigenvalue weighted by atomic mass is 9.73. The van der Waals surface area contributed by atoms with Gasteiger partial charge in [0.25, 0.3) is 0 Å². The fourth-order valence-electron chi connectivity index (χ4n) is 3.08. The summed E-state index contributed by atoms with van der Waals surface area (Å²) < 4.78 is 13.1. The van der Waals surface area contributed by atoms with Gasteiger partial charge in [-0.05, 0) is 61.1 Å². The Morgan fingerprint density at radius 3 is 2.74 bits per heavy atom. The van der Waals surface area contributed by atoms with Crippen molar-refractivity contribution in [2.45, 2.75) is 45.6 Å². The highest BCUT2D eigenvalue weighted by Crippen LogP contribution is 2.35. The standard InChI is InChI=1S/C16H22ClFO/c1-10(2)12-4-6-16(19)13(9-12)7-11-3-5-15(18)14(17)8-11/h3,5,8,10,12-13,16,19H,4,6-7,9H2,1-2H3. The molecule has 0 radical (unpaired) electrons. The van der Waals surface area contributed by atoms with Gasteiger partial charge in [-0.3, -0.25) is 0 Å². The van der Waals surface area contributed by atoms with Crippen LogP contribution in [0.25, 0.3) is 0 Å². The number of hydrogen-bond acceptors (Lipinski definition) is 1. The zero-order valence-electron chi connectivity index (χ0n) is 11.6. The third-order valence-electron chi connectivity index (χ3n) is 4.41. The number of aliphatic hydroxyl groups excluding tert-OH is 1. The van der Waals surface area contributed by atoms with E-state index in [-0.39, 0.29) is 22.9 Å². The first-order chi connectivity index (χ1) is 8.97. The Morgan fingerprint density at radius 2 is 2.11 bits per heavy atom. The molecule has 0 saturated heterocycles. The second-order valence-corrected chi connectivity index (χ2v) is 6.50. The van der Waals surface area contributed by atoms with Crippen molar-refractivity contribution in [3.63, 3.8) is 0 Å². The van der Waals surface area contributed by atoms with Crippen LogP contribution in [0.3, 0.4) is 0 Å². The summed E-state index contributed by atoms with van der Waals surface area (Å²) in [5.41, 5.74) is 1.01. The molecule has 1 fully saturated rings. The second kappa shape index (κ2) is 6.23. The zero-order valence-corrected chi connectivity index (χ0v) is 12.3. The maximum Gasteiger partial charge on any atom is 0.141 e. The topological polar surface area (TPSA) is 20.2 Å². The number of rotatable bonds is 3. The van der Waals surface area contributed by atoms with E-state index in [4.69, 9.17) is 11.6 Å². The normalized spacial score (nSPS) is 27.8. The smallest absolute Gasteiger partial charge is 0.141 e. The molecule has 1 nitrogen and oxygen atoms in total. The van der Waals surface area contributed by atoms with Crippen LogP contribution < -0.4 is 0 Å². The minimum atomic E-state index is -0.380. The predicted octanol–water partition coefficient (Wildman–Crippen LogP) is 4.45. The predicted molar refractivity (Wildman–Crippen MR) is 76.8 cm³/mol. The van der Waals surface area contributed by atoms with Crippen molar-refractivity contribution in [1.82, 2.24) is 0 Å². The molecule has 3 unspecified atom stereocenters. The van der Waals surface area contributed by atoms with E-state index in [1.807, 2.05) is 0 Å². The quantitative estimate of drug-likeness (QED) is 0.869. The van der Waals surface area contributed by atoms with Crippen molar-refractivity contribution < 1.29 is 9.50 Å². The van der Waals surface area contributed by atoms with Gasteiger partial charge in [-0.15, -0.1) is 0 Å². The monoisotopic (exact) mass is 284 g/mol. The molecular formula is C16H22ClFO. The molecule has 0 aliphatic heterocycles. The third kappa shape index (κ3) is 3.70. The van der Waals surface area contributed by atoms with E-state index in [1.54, 1.807) is 12.1 Å². The summed E-state index contributed by atoms with van der Waals surface area (Å²) in [5, 5.41) is 10.3. The van der Waals surface area contributed by atoms with Crippen LogP contribution in [0.4, 0.5) is 4.39 Å². The van der Waals surface area contributed by atoms with E-state index in [2.05, 4.69) is 13.8 Å². The number of aliphatic hydroxyl groups is 1. The maximum absolute atomic E-state index is 13.1. The van der Waals surface area contributed by atoms with Crippen LogP contribution in [0.5, 0.6) is 0 Å². The molecule has 1 aliphatic carbocycles. The Balaban J connectivity index is 2.05. The first kappa shape index (κ1) is 14.8. The first-order valence-electron chi connectivity index (χ1n) is 7.09. The molecular weight excluding hydrogens is 263 g/mol. The molecule has 19 heavy (non-hydrogen) atoms. The Labute approximate surface area is 119 Å². The van der Waals surface area contributed by atoms with Gasteiger partial charge in [0.2, 0.25) is 0 Å². The summed E-state index contributed by atoms with van der Waals surface area (Å²) in [5.74, 6) is 1.23. The molecule has 1 aliphatic rings. The largest absolute Gasteiger partial charge is 0.393 e.